The molecule has 0 radical (unpaired) electrons. The fourth-order valence-corrected chi connectivity index (χ4v) is 2.87. The molecule has 1 unspecified atom stereocenters. The lowest BCUT2D eigenvalue weighted by molar-refractivity contribution is 0.188. The molecule has 2 amide bonds. The highest BCUT2D eigenvalue weighted by Gasteiger charge is 2.29. The third kappa shape index (κ3) is 3.54. The van der Waals surface area contributed by atoms with Gasteiger partial charge in [0, 0.05) is 23.7 Å². The number of amides is 2. The fourth-order valence-electron chi connectivity index (χ4n) is 2.87. The van der Waals surface area contributed by atoms with Crippen LogP contribution in [0, 0.1) is 5.41 Å². The maximum absolute atomic E-state index is 12.8. The van der Waals surface area contributed by atoms with Crippen molar-refractivity contribution in [3.8, 4) is 5.75 Å². The van der Waals surface area contributed by atoms with Gasteiger partial charge >= 0.3 is 6.03 Å². The van der Waals surface area contributed by atoms with E-state index < -0.39 is 0 Å². The third-order valence-corrected chi connectivity index (χ3v) is 4.32. The van der Waals surface area contributed by atoms with Crippen LogP contribution in [0.5, 0.6) is 5.75 Å². The van der Waals surface area contributed by atoms with Gasteiger partial charge < -0.3 is 21.2 Å². The molecule has 6 heteroatoms. The molecule has 4 N–H and O–H groups in total. The van der Waals surface area contributed by atoms with E-state index in [1.54, 1.807) is 4.90 Å². The van der Waals surface area contributed by atoms with Gasteiger partial charge in [-0.1, -0.05) is 31.2 Å². The molecule has 0 aromatic heterocycles. The number of hydrogen-bond donors (Lipinski definition) is 3. The smallest absolute Gasteiger partial charge is 0.326 e. The van der Waals surface area contributed by atoms with Crippen LogP contribution in [-0.4, -0.2) is 24.9 Å². The fraction of sp³-hybridized carbons (Fsp3) is 0.200. The van der Waals surface area contributed by atoms with Gasteiger partial charge in [0.2, 0.25) is 0 Å². The van der Waals surface area contributed by atoms with E-state index in [4.69, 9.17) is 15.9 Å². The summed E-state index contributed by atoms with van der Waals surface area (Å²) in [6.45, 7) is 2.50. The number of nitrogens with zero attached hydrogens (tertiary/aromatic N) is 1. The van der Waals surface area contributed by atoms with Crippen LogP contribution in [-0.2, 0) is 0 Å². The number of hydrogen-bond acceptors (Lipinski definition) is 4. The minimum Gasteiger partial charge on any atom is -0.486 e. The van der Waals surface area contributed by atoms with Crippen molar-refractivity contribution in [2.75, 3.05) is 16.8 Å². The van der Waals surface area contributed by atoms with E-state index in [1.807, 2.05) is 55.5 Å². The number of ether oxygens (including phenoxy) is 1. The molecule has 0 spiro atoms. The SMILES string of the molecule is CCC1CN(C(=O)Nc2ccccc2)c2ccc(/C(C=N)=C/N)cc2O1. The first kappa shape index (κ1) is 17.5. The van der Waals surface area contributed by atoms with Crippen molar-refractivity contribution in [2.45, 2.75) is 19.4 Å². The van der Waals surface area contributed by atoms with Crippen LogP contribution in [0.4, 0.5) is 16.2 Å². The summed E-state index contributed by atoms with van der Waals surface area (Å²) >= 11 is 0. The van der Waals surface area contributed by atoms with E-state index in [9.17, 15) is 4.79 Å². The number of para-hydroxylation sites is 1. The van der Waals surface area contributed by atoms with Gasteiger partial charge in [-0.25, -0.2) is 4.79 Å². The highest BCUT2D eigenvalue weighted by molar-refractivity contribution is 6.09. The Morgan fingerprint density at radius 2 is 2.12 bits per heavy atom. The van der Waals surface area contributed by atoms with Crippen molar-refractivity contribution in [2.24, 2.45) is 5.73 Å². The Labute approximate surface area is 152 Å². The average molecular weight is 350 g/mol. The van der Waals surface area contributed by atoms with E-state index in [1.165, 1.54) is 12.4 Å². The Bertz CT molecular complexity index is 833. The summed E-state index contributed by atoms with van der Waals surface area (Å²) in [5, 5.41) is 10.4. The number of urea groups is 1. The van der Waals surface area contributed by atoms with Gasteiger partial charge in [0.25, 0.3) is 0 Å². The lowest BCUT2D eigenvalue weighted by Crippen LogP contribution is -2.45. The molecule has 0 fully saturated rings. The third-order valence-electron chi connectivity index (χ3n) is 4.32. The molecule has 26 heavy (non-hydrogen) atoms. The lowest BCUT2D eigenvalue weighted by atomic mass is 10.0. The number of nitrogens with one attached hydrogen (secondary N) is 2. The summed E-state index contributed by atoms with van der Waals surface area (Å²) < 4.78 is 6.03. The zero-order valence-corrected chi connectivity index (χ0v) is 14.6. The van der Waals surface area contributed by atoms with Gasteiger partial charge in [0.15, 0.2) is 0 Å². The molecule has 1 aliphatic heterocycles. The second-order valence-corrected chi connectivity index (χ2v) is 6.00. The first-order valence-corrected chi connectivity index (χ1v) is 8.53. The normalized spacial score (nSPS) is 16.4. The molecule has 0 aliphatic carbocycles. The van der Waals surface area contributed by atoms with Crippen molar-refractivity contribution < 1.29 is 9.53 Å². The predicted molar refractivity (Wildman–Crippen MR) is 105 cm³/mol. The van der Waals surface area contributed by atoms with E-state index in [-0.39, 0.29) is 12.1 Å². The second-order valence-electron chi connectivity index (χ2n) is 6.00. The number of carbonyl (C=O) groups excluding carboxylic acids is 1. The molecule has 1 aliphatic rings. The standard InChI is InChI=1S/C20H22N4O2/c1-2-17-13-24(20(25)23-16-6-4-3-5-7-16)18-9-8-14(10-19(18)26-17)15(11-21)12-22/h3-12,17,21H,2,13,22H2,1H3,(H,23,25)/b15-12+,21-11?. The van der Waals surface area contributed by atoms with Gasteiger partial charge in [0.05, 0.1) is 12.2 Å². The maximum Gasteiger partial charge on any atom is 0.326 e. The summed E-state index contributed by atoms with van der Waals surface area (Å²) in [6, 6.07) is 14.6. The van der Waals surface area contributed by atoms with Crippen LogP contribution in [0.2, 0.25) is 0 Å². The maximum atomic E-state index is 12.8. The summed E-state index contributed by atoms with van der Waals surface area (Å²) in [5.74, 6) is 0.616. The molecule has 2 aromatic rings. The van der Waals surface area contributed by atoms with E-state index in [0.717, 1.165) is 17.7 Å². The molecule has 2 aromatic carbocycles. The van der Waals surface area contributed by atoms with Crippen LogP contribution in [0.15, 0.2) is 54.7 Å². The van der Waals surface area contributed by atoms with Crippen LogP contribution >= 0.6 is 0 Å². The highest BCUT2D eigenvalue weighted by atomic mass is 16.5. The number of anilines is 2. The Morgan fingerprint density at radius 1 is 1.35 bits per heavy atom. The van der Waals surface area contributed by atoms with Crippen molar-refractivity contribution in [1.82, 2.24) is 0 Å². The van der Waals surface area contributed by atoms with Crippen molar-refractivity contribution in [3.63, 3.8) is 0 Å². The zero-order chi connectivity index (χ0) is 18.5. The first-order chi connectivity index (χ1) is 12.7. The van der Waals surface area contributed by atoms with Gasteiger partial charge in [0.1, 0.15) is 11.9 Å². The Balaban J connectivity index is 1.93. The molecule has 0 saturated carbocycles. The first-order valence-electron chi connectivity index (χ1n) is 8.53. The van der Waals surface area contributed by atoms with E-state index >= 15 is 0 Å². The quantitative estimate of drug-likeness (QED) is 0.732. The molecular weight excluding hydrogens is 328 g/mol. The molecule has 3 rings (SSSR count). The Hall–Kier alpha value is -3.28. The minimum absolute atomic E-state index is 0.0930. The number of allylic oxidation sites excluding steroid dienone is 1. The summed E-state index contributed by atoms with van der Waals surface area (Å²) in [6.07, 6.45) is 3.27. The topological polar surface area (TPSA) is 91.4 Å². The van der Waals surface area contributed by atoms with Crippen LogP contribution in [0.3, 0.4) is 0 Å². The highest BCUT2D eigenvalue weighted by Crippen LogP contribution is 2.36. The summed E-state index contributed by atoms with van der Waals surface area (Å²) in [7, 11) is 0. The van der Waals surface area contributed by atoms with Crippen molar-refractivity contribution >= 4 is 29.2 Å². The van der Waals surface area contributed by atoms with Crippen molar-refractivity contribution in [1.29, 1.82) is 5.41 Å². The number of benzene rings is 2. The number of rotatable bonds is 4. The number of carbonyl (C=O) groups is 1. The molecule has 1 atom stereocenters. The van der Waals surface area contributed by atoms with Gasteiger partial charge in [-0.2, -0.15) is 0 Å². The van der Waals surface area contributed by atoms with Crippen LogP contribution in [0.1, 0.15) is 18.9 Å². The molecule has 134 valence electrons. The second kappa shape index (κ2) is 7.74. The lowest BCUT2D eigenvalue weighted by Gasteiger charge is -2.34. The number of nitrogens with two attached hydrogens (primary N) is 1. The molecule has 6 nitrogen and oxygen atoms in total. The van der Waals surface area contributed by atoms with E-state index in [2.05, 4.69) is 5.32 Å². The molecular formula is C20H22N4O2. The van der Waals surface area contributed by atoms with Crippen LogP contribution < -0.4 is 20.7 Å². The Kier molecular flexibility index (Phi) is 5.22. The minimum atomic E-state index is -0.200. The van der Waals surface area contributed by atoms with Gasteiger partial charge in [-0.15, -0.1) is 0 Å². The van der Waals surface area contributed by atoms with E-state index in [0.29, 0.717) is 23.6 Å². The van der Waals surface area contributed by atoms with Gasteiger partial charge in [-0.3, -0.25) is 4.90 Å². The Morgan fingerprint density at radius 3 is 2.77 bits per heavy atom. The molecule has 0 saturated heterocycles. The zero-order valence-electron chi connectivity index (χ0n) is 14.6. The monoisotopic (exact) mass is 350 g/mol. The van der Waals surface area contributed by atoms with Crippen LogP contribution in [0.25, 0.3) is 5.57 Å². The predicted octanol–water partition coefficient (Wildman–Crippen LogP) is 3.85. The summed E-state index contributed by atoms with van der Waals surface area (Å²) in [4.78, 5) is 14.5. The largest absolute Gasteiger partial charge is 0.486 e. The number of fused-ring (bicyclic) bond motifs is 1. The summed E-state index contributed by atoms with van der Waals surface area (Å²) in [5.41, 5.74) is 8.39. The van der Waals surface area contributed by atoms with Crippen molar-refractivity contribution in [3.05, 3.63) is 60.3 Å². The average Bonchev–Trinajstić information content (AvgIpc) is 2.68. The van der Waals surface area contributed by atoms with Gasteiger partial charge in [-0.05, 0) is 36.2 Å². The molecule has 1 heterocycles. The molecule has 0 bridgehead atoms.